The van der Waals surface area contributed by atoms with Crippen molar-refractivity contribution in [2.45, 2.75) is 57.4 Å². The van der Waals surface area contributed by atoms with Crippen LogP contribution in [0.1, 0.15) is 61.7 Å². The number of halogens is 1. The summed E-state index contributed by atoms with van der Waals surface area (Å²) in [5, 5.41) is 0. The number of hydrogen-bond donors (Lipinski definition) is 0. The standard InChI is InChI=1S/C27H31FN4O2/c1-34-21-12-8-11-20(17-21)32(19-9-7-10-19)26(33)23-18-29-27(31-15-5-2-6-16-31)30-25(23)22-13-3-4-14-24(22)28/h3-4,11,13-14,17-19H,2,5-10,12,15-16H2,1H3. The zero-order valence-electron chi connectivity index (χ0n) is 19.7. The summed E-state index contributed by atoms with van der Waals surface area (Å²) in [6.07, 6.45) is 13.6. The molecule has 1 amide bonds. The number of rotatable bonds is 6. The van der Waals surface area contributed by atoms with E-state index < -0.39 is 5.82 Å². The molecule has 178 valence electrons. The van der Waals surface area contributed by atoms with E-state index in [1.807, 2.05) is 11.0 Å². The highest BCUT2D eigenvalue weighted by atomic mass is 19.1. The van der Waals surface area contributed by atoms with Crippen LogP contribution in [0.25, 0.3) is 11.3 Å². The van der Waals surface area contributed by atoms with Crippen molar-refractivity contribution < 1.29 is 13.9 Å². The summed E-state index contributed by atoms with van der Waals surface area (Å²) >= 11 is 0. The molecule has 0 radical (unpaired) electrons. The van der Waals surface area contributed by atoms with E-state index in [2.05, 4.69) is 16.0 Å². The van der Waals surface area contributed by atoms with Gasteiger partial charge in [-0.2, -0.15) is 0 Å². The van der Waals surface area contributed by atoms with E-state index in [0.29, 0.717) is 22.8 Å². The van der Waals surface area contributed by atoms with Gasteiger partial charge in [0, 0.05) is 43.0 Å². The number of benzene rings is 1. The van der Waals surface area contributed by atoms with Crippen LogP contribution in [0, 0.1) is 5.82 Å². The van der Waals surface area contributed by atoms with E-state index in [9.17, 15) is 9.18 Å². The Morgan fingerprint density at radius 1 is 1.15 bits per heavy atom. The predicted octanol–water partition coefficient (Wildman–Crippen LogP) is 5.48. The van der Waals surface area contributed by atoms with Crippen molar-refractivity contribution in [3.05, 3.63) is 65.5 Å². The molecule has 1 aliphatic heterocycles. The molecule has 2 aromatic rings. The molecule has 5 rings (SSSR count). The van der Waals surface area contributed by atoms with Gasteiger partial charge in [-0.25, -0.2) is 14.4 Å². The zero-order chi connectivity index (χ0) is 23.5. The first-order valence-corrected chi connectivity index (χ1v) is 12.3. The quantitative estimate of drug-likeness (QED) is 0.569. The second kappa shape index (κ2) is 9.95. The van der Waals surface area contributed by atoms with Crippen molar-refractivity contribution in [1.82, 2.24) is 14.9 Å². The molecule has 2 fully saturated rings. The van der Waals surface area contributed by atoms with Crippen LogP contribution in [0.5, 0.6) is 0 Å². The molecule has 7 heteroatoms. The molecule has 2 heterocycles. The number of hydrogen-bond acceptors (Lipinski definition) is 5. The summed E-state index contributed by atoms with van der Waals surface area (Å²) in [5.41, 5.74) is 1.86. The Balaban J connectivity index is 1.58. The first kappa shape index (κ1) is 22.6. The van der Waals surface area contributed by atoms with Crippen molar-refractivity contribution in [3.8, 4) is 11.3 Å². The molecule has 1 aromatic heterocycles. The average Bonchev–Trinajstić information content (AvgIpc) is 2.86. The second-order valence-electron chi connectivity index (χ2n) is 9.20. The fraction of sp³-hybridized carbons (Fsp3) is 0.444. The Morgan fingerprint density at radius 3 is 2.65 bits per heavy atom. The number of piperidine rings is 1. The van der Waals surface area contributed by atoms with Crippen LogP contribution in [0.2, 0.25) is 0 Å². The first-order chi connectivity index (χ1) is 16.7. The van der Waals surface area contributed by atoms with Crippen LogP contribution >= 0.6 is 0 Å². The maximum atomic E-state index is 14.9. The molecule has 1 aromatic carbocycles. The maximum absolute atomic E-state index is 14.9. The summed E-state index contributed by atoms with van der Waals surface area (Å²) in [5.74, 6) is 0.838. The summed E-state index contributed by atoms with van der Waals surface area (Å²) in [6, 6.07) is 6.63. The van der Waals surface area contributed by atoms with Crippen molar-refractivity contribution in [2.75, 3.05) is 25.1 Å². The van der Waals surface area contributed by atoms with E-state index in [1.54, 1.807) is 31.5 Å². The minimum Gasteiger partial charge on any atom is -0.501 e. The van der Waals surface area contributed by atoms with Gasteiger partial charge in [-0.1, -0.05) is 18.2 Å². The van der Waals surface area contributed by atoms with Gasteiger partial charge in [0.15, 0.2) is 0 Å². The Morgan fingerprint density at radius 2 is 1.94 bits per heavy atom. The molecular formula is C27H31FN4O2. The Bertz CT molecular complexity index is 1120. The normalized spacial score (nSPS) is 18.6. The van der Waals surface area contributed by atoms with E-state index in [4.69, 9.17) is 9.72 Å². The van der Waals surface area contributed by atoms with E-state index in [1.165, 1.54) is 12.5 Å². The van der Waals surface area contributed by atoms with Crippen molar-refractivity contribution in [3.63, 3.8) is 0 Å². The predicted molar refractivity (Wildman–Crippen MR) is 130 cm³/mol. The van der Waals surface area contributed by atoms with Gasteiger partial charge >= 0.3 is 0 Å². The molecule has 34 heavy (non-hydrogen) atoms. The molecule has 1 saturated carbocycles. The number of nitrogens with zero attached hydrogens (tertiary/aromatic N) is 4. The van der Waals surface area contributed by atoms with Gasteiger partial charge in [0.2, 0.25) is 5.95 Å². The average molecular weight is 463 g/mol. The molecule has 0 spiro atoms. The summed E-state index contributed by atoms with van der Waals surface area (Å²) in [6.45, 7) is 1.74. The number of anilines is 1. The summed E-state index contributed by atoms with van der Waals surface area (Å²) < 4.78 is 20.4. The Kier molecular flexibility index (Phi) is 6.61. The molecule has 0 N–H and O–H groups in total. The molecule has 2 aliphatic carbocycles. The van der Waals surface area contributed by atoms with E-state index >= 15 is 0 Å². The summed E-state index contributed by atoms with van der Waals surface area (Å²) in [4.78, 5) is 27.4. The molecular weight excluding hydrogens is 431 g/mol. The number of carbonyl (C=O) groups excluding carboxylic acids is 1. The third-order valence-electron chi connectivity index (χ3n) is 7.03. The van der Waals surface area contributed by atoms with Crippen LogP contribution in [0.15, 0.2) is 54.1 Å². The van der Waals surface area contributed by atoms with Gasteiger partial charge in [0.1, 0.15) is 5.82 Å². The fourth-order valence-corrected chi connectivity index (χ4v) is 4.89. The van der Waals surface area contributed by atoms with E-state index in [-0.39, 0.29) is 11.9 Å². The Hall–Kier alpha value is -3.22. The van der Waals surface area contributed by atoms with Crippen molar-refractivity contribution in [1.29, 1.82) is 0 Å². The molecule has 1 saturated heterocycles. The number of ether oxygens (including phenoxy) is 1. The van der Waals surface area contributed by atoms with Crippen LogP contribution in [-0.4, -0.2) is 47.0 Å². The highest BCUT2D eigenvalue weighted by molar-refractivity contribution is 6.01. The second-order valence-corrected chi connectivity index (χ2v) is 9.20. The lowest BCUT2D eigenvalue weighted by atomic mass is 9.89. The van der Waals surface area contributed by atoms with Crippen LogP contribution in [-0.2, 0) is 4.74 Å². The number of aromatic nitrogens is 2. The van der Waals surface area contributed by atoms with Gasteiger partial charge in [0.05, 0.1) is 24.1 Å². The third kappa shape index (κ3) is 4.43. The van der Waals surface area contributed by atoms with Gasteiger partial charge in [0.25, 0.3) is 5.91 Å². The molecule has 0 atom stereocenters. The lowest BCUT2D eigenvalue weighted by Gasteiger charge is -2.39. The third-order valence-corrected chi connectivity index (χ3v) is 7.03. The fourth-order valence-electron chi connectivity index (χ4n) is 4.89. The molecule has 3 aliphatic rings. The highest BCUT2D eigenvalue weighted by Gasteiger charge is 2.34. The van der Waals surface area contributed by atoms with Gasteiger partial charge in [-0.15, -0.1) is 0 Å². The lowest BCUT2D eigenvalue weighted by Crippen LogP contribution is -2.44. The first-order valence-electron chi connectivity index (χ1n) is 12.3. The molecule has 6 nitrogen and oxygen atoms in total. The van der Waals surface area contributed by atoms with Crippen molar-refractivity contribution in [2.24, 2.45) is 0 Å². The lowest BCUT2D eigenvalue weighted by molar-refractivity contribution is 0.0676. The van der Waals surface area contributed by atoms with Crippen LogP contribution in [0.3, 0.4) is 0 Å². The number of amides is 1. The van der Waals surface area contributed by atoms with Crippen LogP contribution in [0.4, 0.5) is 10.3 Å². The van der Waals surface area contributed by atoms with Gasteiger partial charge in [-0.3, -0.25) is 4.79 Å². The minimum atomic E-state index is -0.395. The topological polar surface area (TPSA) is 58.6 Å². The zero-order valence-corrected chi connectivity index (χ0v) is 19.7. The SMILES string of the molecule is COC1=CC(N(C(=O)c2cnc(N3CCCCC3)nc2-c2ccccc2F)C2CCC2)=CCC1. The van der Waals surface area contributed by atoms with Gasteiger partial charge < -0.3 is 14.5 Å². The minimum absolute atomic E-state index is 0.112. The van der Waals surface area contributed by atoms with E-state index in [0.717, 1.165) is 69.5 Å². The molecule has 0 bridgehead atoms. The van der Waals surface area contributed by atoms with Crippen LogP contribution < -0.4 is 4.90 Å². The smallest absolute Gasteiger partial charge is 0.262 e. The Labute approximate surface area is 200 Å². The van der Waals surface area contributed by atoms with Gasteiger partial charge in [-0.05, 0) is 63.2 Å². The van der Waals surface area contributed by atoms with Crippen molar-refractivity contribution >= 4 is 11.9 Å². The number of carbonyl (C=O) groups is 1. The largest absolute Gasteiger partial charge is 0.501 e. The number of methoxy groups -OCH3 is 1. The number of allylic oxidation sites excluding steroid dienone is 3. The monoisotopic (exact) mass is 462 g/mol. The molecule has 0 unspecified atom stereocenters. The highest BCUT2D eigenvalue weighted by Crippen LogP contribution is 2.35. The maximum Gasteiger partial charge on any atom is 0.262 e. The summed E-state index contributed by atoms with van der Waals surface area (Å²) in [7, 11) is 1.66.